The fourth-order valence-corrected chi connectivity index (χ4v) is 2.50. The molecule has 0 saturated carbocycles. The first-order valence-electron chi connectivity index (χ1n) is 6.45. The molecule has 1 heterocycles. The summed E-state index contributed by atoms with van der Waals surface area (Å²) in [4.78, 5) is 16.5. The number of fused-ring (bicyclic) bond motifs is 1. The van der Waals surface area contributed by atoms with Crippen molar-refractivity contribution in [3.63, 3.8) is 0 Å². The normalized spacial score (nSPS) is 10.7. The zero-order valence-electron chi connectivity index (χ0n) is 11.9. The van der Waals surface area contributed by atoms with Gasteiger partial charge in [0.2, 0.25) is 5.89 Å². The summed E-state index contributed by atoms with van der Waals surface area (Å²) in [5.41, 5.74) is 0.778. The van der Waals surface area contributed by atoms with Crippen LogP contribution in [0.3, 0.4) is 0 Å². The molecule has 0 aliphatic heterocycles. The van der Waals surface area contributed by atoms with E-state index in [1.807, 2.05) is 6.07 Å². The molecule has 0 bridgehead atoms. The maximum absolute atomic E-state index is 12.1. The number of hydrogen-bond donors (Lipinski definition) is 0. The third-order valence-corrected chi connectivity index (χ3v) is 3.71. The summed E-state index contributed by atoms with van der Waals surface area (Å²) in [7, 11) is 3.10. The predicted octanol–water partition coefficient (Wildman–Crippen LogP) is 3.63. The average molecular weight is 362 g/mol. The Morgan fingerprint density at radius 1 is 1.05 bits per heavy atom. The van der Waals surface area contributed by atoms with Crippen LogP contribution in [-0.2, 0) is 0 Å². The first kappa shape index (κ1) is 14.6. The molecule has 5 nitrogen and oxygen atoms in total. The van der Waals surface area contributed by atoms with E-state index in [1.165, 1.54) is 0 Å². The summed E-state index contributed by atoms with van der Waals surface area (Å²) >= 11 is 3.33. The summed E-state index contributed by atoms with van der Waals surface area (Å²) in [5.74, 6) is 1.37. The lowest BCUT2D eigenvalue weighted by Gasteiger charge is -2.09. The third kappa shape index (κ3) is 2.57. The Kier molecular flexibility index (Phi) is 3.85. The number of ether oxygens (including phenoxy) is 2. The number of rotatable bonds is 3. The maximum atomic E-state index is 12.1. The molecule has 22 heavy (non-hydrogen) atoms. The SMILES string of the molecule is COc1ccc(-c2nc3ccc(Br)cc3c(=O)o2)cc1OC. The molecule has 0 aliphatic rings. The van der Waals surface area contributed by atoms with E-state index in [9.17, 15) is 4.79 Å². The Balaban J connectivity index is 2.18. The second kappa shape index (κ2) is 5.81. The second-order valence-corrected chi connectivity index (χ2v) is 5.45. The van der Waals surface area contributed by atoms with Gasteiger partial charge in [-0.2, -0.15) is 0 Å². The summed E-state index contributed by atoms with van der Waals surface area (Å²) in [5, 5.41) is 0.429. The van der Waals surface area contributed by atoms with E-state index in [4.69, 9.17) is 13.9 Å². The third-order valence-electron chi connectivity index (χ3n) is 3.22. The molecular formula is C16H12BrNO4. The van der Waals surface area contributed by atoms with E-state index in [-0.39, 0.29) is 5.89 Å². The van der Waals surface area contributed by atoms with Crippen LogP contribution in [0.25, 0.3) is 22.4 Å². The molecule has 0 unspecified atom stereocenters. The van der Waals surface area contributed by atoms with Gasteiger partial charge in [-0.15, -0.1) is 0 Å². The molecular weight excluding hydrogens is 350 g/mol. The number of halogens is 1. The summed E-state index contributed by atoms with van der Waals surface area (Å²) < 4.78 is 16.6. The van der Waals surface area contributed by atoms with Gasteiger partial charge < -0.3 is 13.9 Å². The zero-order chi connectivity index (χ0) is 15.7. The highest BCUT2D eigenvalue weighted by Crippen LogP contribution is 2.31. The molecule has 0 radical (unpaired) electrons. The van der Waals surface area contributed by atoms with Gasteiger partial charge in [0, 0.05) is 10.0 Å². The van der Waals surface area contributed by atoms with E-state index in [0.717, 1.165) is 4.47 Å². The summed E-state index contributed by atoms with van der Waals surface area (Å²) in [6.45, 7) is 0. The van der Waals surface area contributed by atoms with Crippen LogP contribution in [0.5, 0.6) is 11.5 Å². The van der Waals surface area contributed by atoms with Crippen LogP contribution >= 0.6 is 15.9 Å². The van der Waals surface area contributed by atoms with Crippen LogP contribution in [0.15, 0.2) is 50.1 Å². The van der Waals surface area contributed by atoms with Crippen molar-refractivity contribution in [1.29, 1.82) is 0 Å². The molecule has 6 heteroatoms. The molecule has 112 valence electrons. The fraction of sp³-hybridized carbons (Fsp3) is 0.125. The molecule has 0 N–H and O–H groups in total. The standard InChI is InChI=1S/C16H12BrNO4/c1-20-13-6-3-9(7-14(13)21-2)15-18-12-5-4-10(17)8-11(12)16(19)22-15/h3-8H,1-2H3. The van der Waals surface area contributed by atoms with E-state index >= 15 is 0 Å². The first-order chi connectivity index (χ1) is 10.6. The second-order valence-electron chi connectivity index (χ2n) is 4.54. The molecule has 2 aromatic carbocycles. The monoisotopic (exact) mass is 361 g/mol. The van der Waals surface area contributed by atoms with Gasteiger partial charge in [0.1, 0.15) is 0 Å². The Morgan fingerprint density at radius 2 is 1.82 bits per heavy atom. The molecule has 1 aromatic heterocycles. The van der Waals surface area contributed by atoms with Gasteiger partial charge in [-0.05, 0) is 36.4 Å². The number of hydrogen-bond acceptors (Lipinski definition) is 5. The van der Waals surface area contributed by atoms with Gasteiger partial charge in [0.05, 0.1) is 25.1 Å². The minimum absolute atomic E-state index is 0.237. The highest BCUT2D eigenvalue weighted by atomic mass is 79.9. The average Bonchev–Trinajstić information content (AvgIpc) is 2.54. The molecule has 0 spiro atoms. The molecule has 3 rings (SSSR count). The van der Waals surface area contributed by atoms with Crippen LogP contribution in [0.2, 0.25) is 0 Å². The van der Waals surface area contributed by atoms with Crippen LogP contribution in [0.1, 0.15) is 0 Å². The lowest BCUT2D eigenvalue weighted by atomic mass is 10.2. The minimum Gasteiger partial charge on any atom is -0.493 e. The van der Waals surface area contributed by atoms with Crippen molar-refractivity contribution in [2.45, 2.75) is 0 Å². The molecule has 3 aromatic rings. The van der Waals surface area contributed by atoms with Crippen LogP contribution in [0, 0.1) is 0 Å². The Morgan fingerprint density at radius 3 is 2.55 bits per heavy atom. The van der Waals surface area contributed by atoms with Crippen LogP contribution in [0.4, 0.5) is 0 Å². The Bertz CT molecular complexity index is 904. The first-order valence-corrected chi connectivity index (χ1v) is 7.24. The van der Waals surface area contributed by atoms with Crippen molar-refractivity contribution in [3.8, 4) is 23.0 Å². The number of nitrogens with zero attached hydrogens (tertiary/aromatic N) is 1. The van der Waals surface area contributed by atoms with E-state index < -0.39 is 5.63 Å². The number of methoxy groups -OCH3 is 2. The van der Waals surface area contributed by atoms with Gasteiger partial charge in [-0.3, -0.25) is 0 Å². The van der Waals surface area contributed by atoms with Gasteiger partial charge in [0.15, 0.2) is 11.5 Å². The van der Waals surface area contributed by atoms with Crippen molar-refractivity contribution in [2.24, 2.45) is 0 Å². The minimum atomic E-state index is -0.434. The van der Waals surface area contributed by atoms with Crippen LogP contribution < -0.4 is 15.1 Å². The van der Waals surface area contributed by atoms with Crippen molar-refractivity contribution < 1.29 is 13.9 Å². The Labute approximate surface area is 134 Å². The van der Waals surface area contributed by atoms with Crippen molar-refractivity contribution in [1.82, 2.24) is 4.98 Å². The number of benzene rings is 2. The van der Waals surface area contributed by atoms with E-state index in [0.29, 0.717) is 28.0 Å². The largest absolute Gasteiger partial charge is 0.493 e. The zero-order valence-corrected chi connectivity index (χ0v) is 13.5. The van der Waals surface area contributed by atoms with Crippen LogP contribution in [-0.4, -0.2) is 19.2 Å². The maximum Gasteiger partial charge on any atom is 0.347 e. The summed E-state index contributed by atoms with van der Waals surface area (Å²) in [6.07, 6.45) is 0. The topological polar surface area (TPSA) is 61.6 Å². The van der Waals surface area contributed by atoms with Gasteiger partial charge in [0.25, 0.3) is 0 Å². The molecule has 0 atom stereocenters. The van der Waals surface area contributed by atoms with Crippen molar-refractivity contribution in [2.75, 3.05) is 14.2 Å². The van der Waals surface area contributed by atoms with Crippen molar-refractivity contribution in [3.05, 3.63) is 51.3 Å². The highest BCUT2D eigenvalue weighted by Gasteiger charge is 2.12. The quantitative estimate of drug-likeness (QED) is 0.712. The molecule has 0 aliphatic carbocycles. The molecule has 0 saturated heterocycles. The van der Waals surface area contributed by atoms with Gasteiger partial charge in [-0.1, -0.05) is 15.9 Å². The predicted molar refractivity (Wildman–Crippen MR) is 86.5 cm³/mol. The van der Waals surface area contributed by atoms with Crippen molar-refractivity contribution >= 4 is 26.8 Å². The smallest absolute Gasteiger partial charge is 0.347 e. The van der Waals surface area contributed by atoms with Gasteiger partial charge >= 0.3 is 5.63 Å². The fourth-order valence-electron chi connectivity index (χ4n) is 2.14. The number of aromatic nitrogens is 1. The molecule has 0 fully saturated rings. The Hall–Kier alpha value is -2.34. The van der Waals surface area contributed by atoms with Gasteiger partial charge in [-0.25, -0.2) is 9.78 Å². The highest BCUT2D eigenvalue weighted by molar-refractivity contribution is 9.10. The van der Waals surface area contributed by atoms with E-state index in [2.05, 4.69) is 20.9 Å². The lowest BCUT2D eigenvalue weighted by molar-refractivity contribution is 0.355. The molecule has 0 amide bonds. The summed E-state index contributed by atoms with van der Waals surface area (Å²) in [6, 6.07) is 10.5. The lowest BCUT2D eigenvalue weighted by Crippen LogP contribution is -2.03. The van der Waals surface area contributed by atoms with E-state index in [1.54, 1.807) is 44.6 Å².